The fraction of sp³-hybridized carbons (Fsp3) is 0.231. The lowest BCUT2D eigenvalue weighted by Crippen LogP contribution is -2.42. The molecule has 1 aliphatic heterocycles. The van der Waals surface area contributed by atoms with E-state index < -0.39 is 5.41 Å². The maximum atomic E-state index is 11.8. The summed E-state index contributed by atoms with van der Waals surface area (Å²) in [5.74, 6) is 0.362. The van der Waals surface area contributed by atoms with E-state index in [2.05, 4.69) is 6.58 Å². The third-order valence-corrected chi connectivity index (χ3v) is 3.00. The Morgan fingerprint density at radius 1 is 1.50 bits per heavy atom. The molecule has 1 atom stereocenters. The summed E-state index contributed by atoms with van der Waals surface area (Å²) in [7, 11) is 0. The lowest BCUT2D eigenvalue weighted by Gasteiger charge is -2.34. The second-order valence-corrected chi connectivity index (χ2v) is 3.87. The van der Waals surface area contributed by atoms with Gasteiger partial charge in [0.15, 0.2) is 5.78 Å². The molecule has 3 nitrogen and oxygen atoms in total. The number of carbonyl (C=O) groups excluding carboxylic acids is 2. The Morgan fingerprint density at radius 2 is 2.19 bits per heavy atom. The summed E-state index contributed by atoms with van der Waals surface area (Å²) >= 11 is 0. The predicted octanol–water partition coefficient (Wildman–Crippen LogP) is 1.66. The van der Waals surface area contributed by atoms with Gasteiger partial charge in [-0.2, -0.15) is 0 Å². The van der Waals surface area contributed by atoms with Crippen molar-refractivity contribution in [3.63, 3.8) is 0 Å². The minimum atomic E-state index is -1.23. The molecule has 0 aliphatic carbocycles. The minimum Gasteiger partial charge on any atom is -0.489 e. The molecule has 0 bridgehead atoms. The zero-order valence-electron chi connectivity index (χ0n) is 9.03. The molecule has 1 aromatic carbocycles. The van der Waals surface area contributed by atoms with E-state index in [9.17, 15) is 9.59 Å². The average Bonchev–Trinajstić information content (AvgIpc) is 2.29. The van der Waals surface area contributed by atoms with Crippen LogP contribution in [0.25, 0.3) is 0 Å². The molecule has 0 aromatic heterocycles. The first kappa shape index (κ1) is 10.6. The van der Waals surface area contributed by atoms with Gasteiger partial charge in [-0.05, 0) is 18.6 Å². The molecule has 82 valence electrons. The molecule has 0 saturated heterocycles. The summed E-state index contributed by atoms with van der Waals surface area (Å²) in [6.45, 7) is 5.39. The molecule has 1 unspecified atom stereocenters. The van der Waals surface area contributed by atoms with Crippen molar-refractivity contribution in [2.75, 3.05) is 6.61 Å². The minimum absolute atomic E-state index is 0.204. The van der Waals surface area contributed by atoms with Crippen LogP contribution >= 0.6 is 0 Å². The molecule has 0 saturated carbocycles. The van der Waals surface area contributed by atoms with Crippen LogP contribution in [-0.4, -0.2) is 18.7 Å². The molecular formula is C13H12O3. The molecule has 0 amide bonds. The number of rotatable bonds is 2. The Balaban J connectivity index is 2.73. The SMILES string of the molecule is C=C1COc2ccccc2C1(C=O)C(C)=O. The summed E-state index contributed by atoms with van der Waals surface area (Å²) in [6, 6.07) is 7.07. The summed E-state index contributed by atoms with van der Waals surface area (Å²) in [6.07, 6.45) is 0.666. The number of Topliss-reactive ketones (excluding diaryl/α,β-unsaturated/α-hetero) is 1. The molecule has 2 rings (SSSR count). The number of hydrogen-bond acceptors (Lipinski definition) is 3. The molecular weight excluding hydrogens is 204 g/mol. The van der Waals surface area contributed by atoms with Gasteiger partial charge in [0, 0.05) is 5.56 Å². The van der Waals surface area contributed by atoms with Gasteiger partial charge < -0.3 is 9.53 Å². The molecule has 0 N–H and O–H groups in total. The maximum Gasteiger partial charge on any atom is 0.151 e. The Bertz CT molecular complexity index is 476. The van der Waals surface area contributed by atoms with E-state index >= 15 is 0 Å². The van der Waals surface area contributed by atoms with Crippen LogP contribution in [0.3, 0.4) is 0 Å². The molecule has 0 radical (unpaired) electrons. The lowest BCUT2D eigenvalue weighted by molar-refractivity contribution is -0.126. The first-order valence-corrected chi connectivity index (χ1v) is 5.01. The zero-order valence-corrected chi connectivity index (χ0v) is 9.03. The molecule has 0 spiro atoms. The Hall–Kier alpha value is -1.90. The van der Waals surface area contributed by atoms with E-state index in [0.29, 0.717) is 23.2 Å². The van der Waals surface area contributed by atoms with Gasteiger partial charge in [-0.1, -0.05) is 24.8 Å². The molecule has 1 aliphatic rings. The third kappa shape index (κ3) is 1.21. The van der Waals surface area contributed by atoms with Gasteiger partial charge >= 0.3 is 0 Å². The Labute approximate surface area is 93.7 Å². The highest BCUT2D eigenvalue weighted by atomic mass is 16.5. The maximum absolute atomic E-state index is 11.8. The van der Waals surface area contributed by atoms with E-state index in [0.717, 1.165) is 0 Å². The number of hydrogen-bond donors (Lipinski definition) is 0. The highest BCUT2D eigenvalue weighted by Gasteiger charge is 2.44. The van der Waals surface area contributed by atoms with E-state index in [1.807, 2.05) is 6.07 Å². The second-order valence-electron chi connectivity index (χ2n) is 3.87. The van der Waals surface area contributed by atoms with E-state index in [1.165, 1.54) is 6.92 Å². The summed E-state index contributed by atoms with van der Waals surface area (Å²) < 4.78 is 5.43. The van der Waals surface area contributed by atoms with Crippen LogP contribution in [0, 0.1) is 0 Å². The number of fused-ring (bicyclic) bond motifs is 1. The van der Waals surface area contributed by atoms with E-state index in [1.54, 1.807) is 18.2 Å². The fourth-order valence-corrected chi connectivity index (χ4v) is 2.06. The molecule has 3 heteroatoms. The highest BCUT2D eigenvalue weighted by Crippen LogP contribution is 2.40. The number of ketones is 1. The van der Waals surface area contributed by atoms with Crippen molar-refractivity contribution < 1.29 is 14.3 Å². The van der Waals surface area contributed by atoms with Crippen LogP contribution in [0.5, 0.6) is 5.75 Å². The lowest BCUT2D eigenvalue weighted by atomic mass is 9.71. The molecule has 16 heavy (non-hydrogen) atoms. The van der Waals surface area contributed by atoms with Crippen molar-refractivity contribution in [2.24, 2.45) is 0 Å². The van der Waals surface area contributed by atoms with Crippen LogP contribution < -0.4 is 4.74 Å². The van der Waals surface area contributed by atoms with Crippen LogP contribution in [0.2, 0.25) is 0 Å². The number of para-hydroxylation sites is 1. The van der Waals surface area contributed by atoms with Crippen LogP contribution in [0.4, 0.5) is 0 Å². The summed E-state index contributed by atoms with van der Waals surface area (Å²) in [4.78, 5) is 23.1. The summed E-state index contributed by atoms with van der Waals surface area (Å²) in [5, 5.41) is 0. The number of carbonyl (C=O) groups is 2. The number of ether oxygens (including phenoxy) is 1. The van der Waals surface area contributed by atoms with Gasteiger partial charge in [0.1, 0.15) is 24.1 Å². The van der Waals surface area contributed by atoms with Crippen molar-refractivity contribution >= 4 is 12.1 Å². The van der Waals surface area contributed by atoms with Crippen LogP contribution in [0.15, 0.2) is 36.4 Å². The normalized spacial score (nSPS) is 23.2. The van der Waals surface area contributed by atoms with E-state index in [-0.39, 0.29) is 12.4 Å². The standard InChI is InChI=1S/C13H12O3/c1-9-7-16-12-6-4-3-5-11(12)13(9,8-14)10(2)15/h3-6,8H,1,7H2,2H3. The first-order valence-electron chi connectivity index (χ1n) is 5.01. The highest BCUT2D eigenvalue weighted by molar-refractivity contribution is 6.07. The van der Waals surface area contributed by atoms with Gasteiger partial charge in [-0.3, -0.25) is 4.79 Å². The predicted molar refractivity (Wildman–Crippen MR) is 59.5 cm³/mol. The Kier molecular flexibility index (Phi) is 2.38. The Morgan fingerprint density at radius 3 is 2.81 bits per heavy atom. The smallest absolute Gasteiger partial charge is 0.151 e. The monoisotopic (exact) mass is 216 g/mol. The third-order valence-electron chi connectivity index (χ3n) is 3.00. The van der Waals surface area contributed by atoms with Crippen molar-refractivity contribution in [1.82, 2.24) is 0 Å². The quantitative estimate of drug-likeness (QED) is 0.429. The van der Waals surface area contributed by atoms with Crippen LogP contribution in [-0.2, 0) is 15.0 Å². The van der Waals surface area contributed by atoms with Gasteiger partial charge in [0.05, 0.1) is 0 Å². The van der Waals surface area contributed by atoms with Gasteiger partial charge in [0.25, 0.3) is 0 Å². The molecule has 1 aromatic rings. The second kappa shape index (κ2) is 3.59. The van der Waals surface area contributed by atoms with Crippen molar-refractivity contribution in [3.05, 3.63) is 42.0 Å². The number of benzene rings is 1. The van der Waals surface area contributed by atoms with Gasteiger partial charge in [0.2, 0.25) is 0 Å². The topological polar surface area (TPSA) is 43.4 Å². The van der Waals surface area contributed by atoms with Crippen molar-refractivity contribution in [1.29, 1.82) is 0 Å². The van der Waals surface area contributed by atoms with Crippen molar-refractivity contribution in [3.8, 4) is 5.75 Å². The largest absolute Gasteiger partial charge is 0.489 e. The van der Waals surface area contributed by atoms with E-state index in [4.69, 9.17) is 4.74 Å². The number of aldehydes is 1. The van der Waals surface area contributed by atoms with Crippen LogP contribution in [0.1, 0.15) is 12.5 Å². The van der Waals surface area contributed by atoms with Gasteiger partial charge in [-0.25, -0.2) is 0 Å². The first-order chi connectivity index (χ1) is 7.63. The zero-order chi connectivity index (χ0) is 11.8. The van der Waals surface area contributed by atoms with Gasteiger partial charge in [-0.15, -0.1) is 0 Å². The van der Waals surface area contributed by atoms with Crippen molar-refractivity contribution in [2.45, 2.75) is 12.3 Å². The fourth-order valence-electron chi connectivity index (χ4n) is 2.06. The molecule has 1 heterocycles. The average molecular weight is 216 g/mol. The molecule has 0 fully saturated rings. The summed E-state index contributed by atoms with van der Waals surface area (Å²) in [5.41, 5.74) is -0.142.